The van der Waals surface area contributed by atoms with Crippen molar-refractivity contribution in [2.45, 2.75) is 121 Å². The second-order valence-electron chi connectivity index (χ2n) is 13.8. The number of alkyl halides is 3. The first-order chi connectivity index (χ1) is 21.6. The van der Waals surface area contributed by atoms with Crippen LogP contribution in [0.5, 0.6) is 0 Å². The molecule has 0 aromatic rings. The maximum absolute atomic E-state index is 13.2. The summed E-state index contributed by atoms with van der Waals surface area (Å²) in [6, 6.07) is 0. The molecule has 10 nitrogen and oxygen atoms in total. The quantitative estimate of drug-likeness (QED) is 0.0715. The second-order valence-corrected chi connectivity index (χ2v) is 20.1. The molecule has 46 heavy (non-hydrogen) atoms. The number of esters is 1. The monoisotopic (exact) mass is 763 g/mol. The van der Waals surface area contributed by atoms with Crippen molar-refractivity contribution in [1.82, 2.24) is 4.90 Å². The molecule has 0 aromatic heterocycles. The molecule has 264 valence electrons. The number of nitrogens with zero attached hydrogens (tertiary/aromatic N) is 1. The Bertz CT molecular complexity index is 1100. The Kier molecular flexibility index (Phi) is 14.6. The summed E-state index contributed by atoms with van der Waals surface area (Å²) in [4.78, 5) is 30.3. The molecular weight excluding hydrogens is 705 g/mol. The van der Waals surface area contributed by atoms with E-state index in [1.54, 1.807) is 31.1 Å². The molecule has 0 aromatic carbocycles. The number of allylic oxidation sites excluding steroid dienone is 2. The van der Waals surface area contributed by atoms with Crippen LogP contribution in [0.1, 0.15) is 73.6 Å². The normalized spacial score (nSPS) is 35.7. The van der Waals surface area contributed by atoms with Gasteiger partial charge in [0.2, 0.25) is 0 Å². The fourth-order valence-electron chi connectivity index (χ4n) is 6.07. The van der Waals surface area contributed by atoms with E-state index in [1.165, 1.54) is 0 Å². The predicted molar refractivity (Wildman–Crippen MR) is 187 cm³/mol. The summed E-state index contributed by atoms with van der Waals surface area (Å²) in [6.45, 7) is 12.7. The molecule has 2 saturated heterocycles. The zero-order valence-corrected chi connectivity index (χ0v) is 31.1. The third-order valence-corrected chi connectivity index (χ3v) is 14.3. The van der Waals surface area contributed by atoms with E-state index in [0.29, 0.717) is 32.4 Å². The fraction of sp³-hybridized carbons (Fsp3) is 0.771. The molecular formula is C35H58INO9. The number of epoxide rings is 1. The minimum absolute atomic E-state index is 0.000846. The Morgan fingerprint density at radius 1 is 1.30 bits per heavy atom. The number of methoxy groups -OCH3 is 1. The molecule has 3 rings (SSSR count). The van der Waals surface area contributed by atoms with Crippen LogP contribution in [0.3, 0.4) is 0 Å². The van der Waals surface area contributed by atoms with Gasteiger partial charge in [-0.15, -0.1) is 0 Å². The Morgan fingerprint density at radius 2 is 1.98 bits per heavy atom. The van der Waals surface area contributed by atoms with E-state index < -0.39 is 61.4 Å². The van der Waals surface area contributed by atoms with Gasteiger partial charge in [0.1, 0.15) is 0 Å². The van der Waals surface area contributed by atoms with Crippen molar-refractivity contribution in [2.24, 2.45) is 11.8 Å². The number of aliphatic hydroxyl groups is 3. The number of carbonyl (C=O) groups is 2. The number of rotatable bonds is 10. The SMILES string of the molecule is CCC(O)C(C)[C@H]1OC1CC(C)(O)/C=C/C=C(\C)C1OC(=O)CC(O)CCC(C)(OC)C(OC(=O)N2CCI(C)CC2)/C=C/C1C. The van der Waals surface area contributed by atoms with Crippen molar-refractivity contribution in [1.29, 1.82) is 0 Å². The summed E-state index contributed by atoms with van der Waals surface area (Å²) in [5.74, 6) is -0.809. The molecule has 2 fully saturated rings. The summed E-state index contributed by atoms with van der Waals surface area (Å²) in [5.41, 5.74) is -1.30. The molecule has 9 unspecified atom stereocenters. The van der Waals surface area contributed by atoms with Crippen molar-refractivity contribution in [2.75, 3.05) is 34.0 Å². The number of hydrogen-bond acceptors (Lipinski definition) is 9. The van der Waals surface area contributed by atoms with Crippen LogP contribution in [-0.4, -0.2) is 114 Å². The van der Waals surface area contributed by atoms with Gasteiger partial charge in [-0.05, 0) is 13.3 Å². The summed E-state index contributed by atoms with van der Waals surface area (Å²) < 4.78 is 25.8. The summed E-state index contributed by atoms with van der Waals surface area (Å²) in [7, 11) is 1.57. The number of amides is 1. The van der Waals surface area contributed by atoms with Crippen molar-refractivity contribution in [3.8, 4) is 0 Å². The van der Waals surface area contributed by atoms with Gasteiger partial charge in [0.25, 0.3) is 0 Å². The van der Waals surface area contributed by atoms with Gasteiger partial charge < -0.3 is 14.9 Å². The molecule has 3 heterocycles. The van der Waals surface area contributed by atoms with Crippen LogP contribution in [0.25, 0.3) is 0 Å². The first kappa shape index (κ1) is 38.9. The molecule has 0 radical (unpaired) electrons. The van der Waals surface area contributed by atoms with Crippen LogP contribution in [0, 0.1) is 11.8 Å². The molecule has 0 bridgehead atoms. The summed E-state index contributed by atoms with van der Waals surface area (Å²) >= 11 is -0.921. The molecule has 0 spiro atoms. The molecule has 0 aliphatic carbocycles. The molecule has 3 aliphatic heterocycles. The number of carbonyl (C=O) groups excluding carboxylic acids is 2. The van der Waals surface area contributed by atoms with Crippen LogP contribution in [0.15, 0.2) is 36.0 Å². The van der Waals surface area contributed by atoms with Gasteiger partial charge in [0, 0.05) is 12.3 Å². The van der Waals surface area contributed by atoms with Crippen molar-refractivity contribution >= 4 is 31.9 Å². The van der Waals surface area contributed by atoms with Crippen LogP contribution < -0.4 is 0 Å². The standard InChI is InChI=1S/C35H58INO9/c1-9-27(39)25(4)32-28(44-32)22-34(5,42)15-10-11-23(2)31-24(3)12-13-29(45-33(41)37-19-17-36(7)18-20-37)35(6,43-8)16-14-26(38)21-30(40)46-31/h10-13,15,24-29,31-32,38-39,42H,9,14,16-22H2,1-8H3/b13-12+,15-10+,23-11+/t24?,25?,26?,27?,28?,29?,31?,32-,34?,35?/m1/s1. The number of hydrogen-bond donors (Lipinski definition) is 3. The summed E-state index contributed by atoms with van der Waals surface area (Å²) in [6.07, 6.45) is 7.19. The van der Waals surface area contributed by atoms with Crippen LogP contribution >= 0.6 is 19.8 Å². The molecule has 3 N–H and O–H groups in total. The van der Waals surface area contributed by atoms with E-state index >= 15 is 0 Å². The van der Waals surface area contributed by atoms with Crippen LogP contribution in [-0.2, 0) is 23.7 Å². The third-order valence-electron chi connectivity index (χ3n) is 9.65. The van der Waals surface area contributed by atoms with E-state index in [0.717, 1.165) is 14.4 Å². The fourth-order valence-corrected chi connectivity index (χ4v) is 9.42. The maximum atomic E-state index is 13.2. The first-order valence-electron chi connectivity index (χ1n) is 16.6. The van der Waals surface area contributed by atoms with Crippen molar-refractivity contribution in [3.63, 3.8) is 0 Å². The van der Waals surface area contributed by atoms with Gasteiger partial charge in [-0.25, -0.2) is 0 Å². The van der Waals surface area contributed by atoms with Gasteiger partial charge in [-0.3, -0.25) is 4.79 Å². The van der Waals surface area contributed by atoms with Crippen LogP contribution in [0.2, 0.25) is 0 Å². The van der Waals surface area contributed by atoms with Gasteiger partial charge in [0.15, 0.2) is 0 Å². The first-order valence-corrected chi connectivity index (χ1v) is 21.8. The Morgan fingerprint density at radius 3 is 2.61 bits per heavy atom. The molecule has 11 heteroatoms. The van der Waals surface area contributed by atoms with E-state index in [4.69, 9.17) is 18.9 Å². The molecule has 1 amide bonds. The zero-order chi connectivity index (χ0) is 34.2. The second kappa shape index (κ2) is 17.2. The Balaban J connectivity index is 1.77. The van der Waals surface area contributed by atoms with E-state index in [1.807, 2.05) is 52.8 Å². The molecule has 3 aliphatic rings. The van der Waals surface area contributed by atoms with Gasteiger partial charge in [-0.1, -0.05) is 26.0 Å². The topological polar surface area (TPSA) is 138 Å². The van der Waals surface area contributed by atoms with Crippen LogP contribution in [0.4, 0.5) is 4.79 Å². The van der Waals surface area contributed by atoms with Crippen molar-refractivity contribution in [3.05, 3.63) is 36.0 Å². The van der Waals surface area contributed by atoms with Gasteiger partial charge in [0.05, 0.1) is 23.9 Å². The minimum atomic E-state index is -1.14. The molecule has 10 atom stereocenters. The van der Waals surface area contributed by atoms with E-state index in [2.05, 4.69) is 4.93 Å². The van der Waals surface area contributed by atoms with Crippen molar-refractivity contribution < 1.29 is 43.9 Å². The zero-order valence-electron chi connectivity index (χ0n) is 29.0. The number of cyclic esters (lactones) is 1. The Hall–Kier alpha value is -1.51. The van der Waals surface area contributed by atoms with Gasteiger partial charge >= 0.3 is 189 Å². The van der Waals surface area contributed by atoms with E-state index in [-0.39, 0.29) is 43.0 Å². The summed E-state index contributed by atoms with van der Waals surface area (Å²) in [5, 5.41) is 31.9. The Labute approximate surface area is 282 Å². The average Bonchev–Trinajstić information content (AvgIpc) is 3.77. The number of ether oxygens (including phenoxy) is 4. The third kappa shape index (κ3) is 11.3. The molecule has 0 saturated carbocycles. The van der Waals surface area contributed by atoms with E-state index in [9.17, 15) is 24.9 Å². The van der Waals surface area contributed by atoms with Gasteiger partial charge in [-0.2, -0.15) is 0 Å². The average molecular weight is 764 g/mol. The number of aliphatic hydroxyl groups excluding tert-OH is 2. The number of halogens is 1. The predicted octanol–water partition coefficient (Wildman–Crippen LogP) is 4.82.